The van der Waals surface area contributed by atoms with Gasteiger partial charge in [-0.05, 0) is 38.5 Å². The third kappa shape index (κ3) is 4.00. The number of anilines is 1. The number of benzene rings is 1. The fourth-order valence-electron chi connectivity index (χ4n) is 2.13. The Balaban J connectivity index is 2.36. The lowest BCUT2D eigenvalue weighted by Crippen LogP contribution is -2.32. The van der Waals surface area contributed by atoms with Crippen LogP contribution >= 0.6 is 0 Å². The molecule has 1 heterocycles. The highest BCUT2D eigenvalue weighted by Gasteiger charge is 2.34. The largest absolute Gasteiger partial charge is 0.482 e. The van der Waals surface area contributed by atoms with E-state index < -0.39 is 23.5 Å². The van der Waals surface area contributed by atoms with Gasteiger partial charge in [-0.25, -0.2) is 0 Å². The van der Waals surface area contributed by atoms with Crippen molar-refractivity contribution in [1.82, 2.24) is 0 Å². The molecule has 0 bridgehead atoms. The second-order valence-corrected chi connectivity index (χ2v) is 6.08. The lowest BCUT2D eigenvalue weighted by atomic mass is 9.97. The Labute approximate surface area is 133 Å². The summed E-state index contributed by atoms with van der Waals surface area (Å²) >= 11 is 0. The first-order chi connectivity index (χ1) is 10.7. The number of hydrogen-bond acceptors (Lipinski definition) is 6. The van der Waals surface area contributed by atoms with Gasteiger partial charge in [0.05, 0.1) is 12.8 Å². The standard InChI is InChI=1S/C16H19NO6/c1-16(2,3)23-15(20)13(14(19)21-4)9-5-6-11-10(7-9)17-12(18)8-22-11/h5-7,13H,8H2,1-4H3,(H,17,18). The van der Waals surface area contributed by atoms with Crippen molar-refractivity contribution in [2.45, 2.75) is 32.3 Å². The lowest BCUT2D eigenvalue weighted by Gasteiger charge is -2.24. The van der Waals surface area contributed by atoms with Crippen molar-refractivity contribution in [3.63, 3.8) is 0 Å². The van der Waals surface area contributed by atoms with Gasteiger partial charge in [0.1, 0.15) is 11.4 Å². The van der Waals surface area contributed by atoms with Crippen LogP contribution in [0, 0.1) is 0 Å². The van der Waals surface area contributed by atoms with Crippen LogP contribution in [0.5, 0.6) is 5.75 Å². The summed E-state index contributed by atoms with van der Waals surface area (Å²) in [5.74, 6) is -2.51. The maximum atomic E-state index is 12.4. The van der Waals surface area contributed by atoms with E-state index in [0.717, 1.165) is 0 Å². The molecule has 7 nitrogen and oxygen atoms in total. The van der Waals surface area contributed by atoms with E-state index in [1.165, 1.54) is 13.2 Å². The van der Waals surface area contributed by atoms with Crippen LogP contribution in [0.3, 0.4) is 0 Å². The van der Waals surface area contributed by atoms with Gasteiger partial charge in [0, 0.05) is 0 Å². The summed E-state index contributed by atoms with van der Waals surface area (Å²) in [7, 11) is 1.20. The predicted octanol–water partition coefficient (Wildman–Crippen LogP) is 1.62. The topological polar surface area (TPSA) is 90.9 Å². The molecule has 0 fully saturated rings. The number of esters is 2. The van der Waals surface area contributed by atoms with Crippen molar-refractivity contribution >= 4 is 23.5 Å². The predicted molar refractivity (Wildman–Crippen MR) is 81.2 cm³/mol. The number of carbonyl (C=O) groups excluding carboxylic acids is 3. The minimum atomic E-state index is -1.23. The number of hydrogen-bond donors (Lipinski definition) is 1. The monoisotopic (exact) mass is 321 g/mol. The molecule has 0 saturated carbocycles. The Morgan fingerprint density at radius 3 is 2.57 bits per heavy atom. The van der Waals surface area contributed by atoms with Gasteiger partial charge >= 0.3 is 11.9 Å². The number of amides is 1. The maximum Gasteiger partial charge on any atom is 0.325 e. The zero-order chi connectivity index (χ0) is 17.2. The molecule has 1 unspecified atom stereocenters. The van der Waals surface area contributed by atoms with E-state index in [2.05, 4.69) is 5.32 Å². The van der Waals surface area contributed by atoms with Gasteiger partial charge in [0.15, 0.2) is 12.5 Å². The lowest BCUT2D eigenvalue weighted by molar-refractivity contribution is -0.163. The van der Waals surface area contributed by atoms with E-state index in [0.29, 0.717) is 17.0 Å². The quantitative estimate of drug-likeness (QED) is 0.672. The van der Waals surface area contributed by atoms with Gasteiger partial charge < -0.3 is 19.5 Å². The summed E-state index contributed by atoms with van der Waals surface area (Å²) in [6.07, 6.45) is 0. The van der Waals surface area contributed by atoms with E-state index in [1.54, 1.807) is 32.9 Å². The SMILES string of the molecule is COC(=O)C(C(=O)OC(C)(C)C)c1ccc2c(c1)NC(=O)CO2. The van der Waals surface area contributed by atoms with Crippen molar-refractivity contribution in [3.05, 3.63) is 23.8 Å². The summed E-state index contributed by atoms with van der Waals surface area (Å²) in [6.45, 7) is 5.05. The van der Waals surface area contributed by atoms with Gasteiger partial charge in [0.25, 0.3) is 5.91 Å². The van der Waals surface area contributed by atoms with Crippen molar-refractivity contribution < 1.29 is 28.6 Å². The fraction of sp³-hybridized carbons (Fsp3) is 0.438. The Kier molecular flexibility index (Phi) is 4.58. The van der Waals surface area contributed by atoms with Gasteiger partial charge in [-0.3, -0.25) is 14.4 Å². The minimum absolute atomic E-state index is 0.0706. The molecule has 124 valence electrons. The average Bonchev–Trinajstić information content (AvgIpc) is 2.44. The molecule has 1 N–H and O–H groups in total. The van der Waals surface area contributed by atoms with E-state index in [4.69, 9.17) is 14.2 Å². The Morgan fingerprint density at radius 2 is 1.96 bits per heavy atom. The number of methoxy groups -OCH3 is 1. The maximum absolute atomic E-state index is 12.4. The molecule has 0 saturated heterocycles. The molecule has 0 aromatic heterocycles. The zero-order valence-corrected chi connectivity index (χ0v) is 13.5. The highest BCUT2D eigenvalue weighted by atomic mass is 16.6. The molecule has 7 heteroatoms. The summed E-state index contributed by atoms with van der Waals surface area (Å²) < 4.78 is 15.2. The summed E-state index contributed by atoms with van der Waals surface area (Å²) in [5, 5.41) is 2.63. The number of ether oxygens (including phenoxy) is 3. The second kappa shape index (κ2) is 6.28. The first-order valence-corrected chi connectivity index (χ1v) is 7.08. The van der Waals surface area contributed by atoms with Crippen molar-refractivity contribution in [2.24, 2.45) is 0 Å². The fourth-order valence-corrected chi connectivity index (χ4v) is 2.13. The molecule has 1 aromatic carbocycles. The van der Waals surface area contributed by atoms with Crippen molar-refractivity contribution in [1.29, 1.82) is 0 Å². The molecule has 1 amide bonds. The van der Waals surface area contributed by atoms with Crippen molar-refractivity contribution in [3.8, 4) is 5.75 Å². The zero-order valence-electron chi connectivity index (χ0n) is 13.5. The van der Waals surface area contributed by atoms with E-state index in [9.17, 15) is 14.4 Å². The number of fused-ring (bicyclic) bond motifs is 1. The molecular weight excluding hydrogens is 302 g/mol. The summed E-state index contributed by atoms with van der Waals surface area (Å²) in [5.41, 5.74) is 0.0152. The van der Waals surface area contributed by atoms with Gasteiger partial charge in [-0.1, -0.05) is 6.07 Å². The van der Waals surface area contributed by atoms with Crippen LogP contribution in [0.4, 0.5) is 5.69 Å². The molecule has 0 spiro atoms. The molecular formula is C16H19NO6. The molecule has 1 aliphatic heterocycles. The van der Waals surface area contributed by atoms with Crippen LogP contribution in [0.1, 0.15) is 32.3 Å². The van der Waals surface area contributed by atoms with E-state index in [-0.39, 0.29) is 12.5 Å². The molecule has 2 rings (SSSR count). The third-order valence-electron chi connectivity index (χ3n) is 3.05. The molecule has 1 aliphatic rings. The first kappa shape index (κ1) is 16.8. The molecule has 0 aliphatic carbocycles. The highest BCUT2D eigenvalue weighted by molar-refractivity contribution is 6.02. The Hall–Kier alpha value is -2.57. The third-order valence-corrected chi connectivity index (χ3v) is 3.05. The molecule has 0 radical (unpaired) electrons. The second-order valence-electron chi connectivity index (χ2n) is 6.08. The van der Waals surface area contributed by atoms with Gasteiger partial charge in [-0.2, -0.15) is 0 Å². The van der Waals surface area contributed by atoms with Crippen LogP contribution in [-0.4, -0.2) is 37.2 Å². The van der Waals surface area contributed by atoms with Crippen LogP contribution < -0.4 is 10.1 Å². The van der Waals surface area contributed by atoms with E-state index in [1.807, 2.05) is 0 Å². The number of carbonyl (C=O) groups is 3. The Morgan fingerprint density at radius 1 is 1.26 bits per heavy atom. The summed E-state index contributed by atoms with van der Waals surface area (Å²) in [4.78, 5) is 35.8. The first-order valence-electron chi connectivity index (χ1n) is 7.08. The van der Waals surface area contributed by atoms with Crippen LogP contribution in [0.25, 0.3) is 0 Å². The smallest absolute Gasteiger partial charge is 0.325 e. The molecule has 23 heavy (non-hydrogen) atoms. The molecule has 1 atom stereocenters. The average molecular weight is 321 g/mol. The van der Waals surface area contributed by atoms with Crippen molar-refractivity contribution in [2.75, 3.05) is 19.0 Å². The van der Waals surface area contributed by atoms with Crippen LogP contribution in [0.15, 0.2) is 18.2 Å². The minimum Gasteiger partial charge on any atom is -0.482 e. The normalized spacial score (nSPS) is 14.9. The summed E-state index contributed by atoms with van der Waals surface area (Å²) in [6, 6.07) is 4.67. The number of rotatable bonds is 3. The highest BCUT2D eigenvalue weighted by Crippen LogP contribution is 2.32. The van der Waals surface area contributed by atoms with Crippen LogP contribution in [0.2, 0.25) is 0 Å². The van der Waals surface area contributed by atoms with Gasteiger partial charge in [0.2, 0.25) is 0 Å². The Bertz CT molecular complexity index is 646. The van der Waals surface area contributed by atoms with Crippen LogP contribution in [-0.2, 0) is 23.9 Å². The molecule has 1 aromatic rings. The van der Waals surface area contributed by atoms with Gasteiger partial charge in [-0.15, -0.1) is 0 Å². The number of nitrogens with one attached hydrogen (secondary N) is 1. The van der Waals surface area contributed by atoms with E-state index >= 15 is 0 Å².